The molecule has 1 N–H and O–H groups in total. The molecular formula is C19H29ClN2O3S. The molecule has 146 valence electrons. The van der Waals surface area contributed by atoms with Crippen LogP contribution in [0.5, 0.6) is 0 Å². The Labute approximate surface area is 162 Å². The molecule has 0 spiro atoms. The summed E-state index contributed by atoms with van der Waals surface area (Å²) in [5.74, 6) is 0.536. The largest absolute Gasteiger partial charge is 0.379 e. The van der Waals surface area contributed by atoms with Gasteiger partial charge in [0, 0.05) is 30.7 Å². The van der Waals surface area contributed by atoms with Crippen molar-refractivity contribution in [3.8, 4) is 0 Å². The number of hydrogen-bond acceptors (Lipinski definition) is 4. The molecule has 1 aliphatic heterocycles. The summed E-state index contributed by atoms with van der Waals surface area (Å²) in [4.78, 5) is 2.26. The molecule has 5 nitrogen and oxygen atoms in total. The predicted octanol–water partition coefficient (Wildman–Crippen LogP) is 3.21. The normalized spacial score (nSPS) is 21.6. The zero-order chi connectivity index (χ0) is 18.4. The molecule has 0 bridgehead atoms. The number of nitrogens with zero attached hydrogens (tertiary/aromatic N) is 1. The molecule has 1 heterocycles. The van der Waals surface area contributed by atoms with Gasteiger partial charge in [0.15, 0.2) is 0 Å². The molecule has 1 saturated heterocycles. The standard InChI is InChI=1S/C19H29ClN2O3S/c20-18-9-5-4-8-17(18)19(22-10-12-25-13-11-22)14-21-26(23,24)15-16-6-2-1-3-7-16/h4-5,8-9,16,19,21H,1-3,6-7,10-15H2/t19-/m0/s1. The number of morpholine rings is 1. The van der Waals surface area contributed by atoms with Crippen LogP contribution in [0.1, 0.15) is 43.7 Å². The number of sulfonamides is 1. The molecule has 1 aromatic rings. The zero-order valence-electron chi connectivity index (χ0n) is 15.2. The van der Waals surface area contributed by atoms with Gasteiger partial charge in [-0.3, -0.25) is 4.90 Å². The highest BCUT2D eigenvalue weighted by Gasteiger charge is 2.27. The van der Waals surface area contributed by atoms with Crippen molar-refractivity contribution in [2.24, 2.45) is 5.92 Å². The Morgan fingerprint density at radius 3 is 2.54 bits per heavy atom. The first-order valence-corrected chi connectivity index (χ1v) is 11.6. The van der Waals surface area contributed by atoms with Gasteiger partial charge in [0.2, 0.25) is 10.0 Å². The minimum atomic E-state index is -3.29. The van der Waals surface area contributed by atoms with Crippen molar-refractivity contribution in [2.75, 3.05) is 38.6 Å². The Kier molecular flexibility index (Phi) is 7.35. The Bertz CT molecular complexity index is 671. The number of benzene rings is 1. The second-order valence-corrected chi connectivity index (χ2v) is 9.58. The fourth-order valence-corrected chi connectivity index (χ4v) is 5.74. The van der Waals surface area contributed by atoms with Crippen LogP contribution < -0.4 is 4.72 Å². The molecule has 0 amide bonds. The number of rotatable bonds is 7. The molecule has 0 radical (unpaired) electrons. The molecule has 0 aromatic heterocycles. The smallest absolute Gasteiger partial charge is 0.211 e. The van der Waals surface area contributed by atoms with Gasteiger partial charge in [-0.05, 0) is 30.4 Å². The van der Waals surface area contributed by atoms with Crippen molar-refractivity contribution in [2.45, 2.75) is 38.1 Å². The highest BCUT2D eigenvalue weighted by Crippen LogP contribution is 2.28. The van der Waals surface area contributed by atoms with Crippen molar-refractivity contribution in [1.82, 2.24) is 9.62 Å². The minimum Gasteiger partial charge on any atom is -0.379 e. The molecular weight excluding hydrogens is 372 g/mol. The fraction of sp³-hybridized carbons (Fsp3) is 0.684. The molecule has 1 saturated carbocycles. The van der Waals surface area contributed by atoms with E-state index in [2.05, 4.69) is 9.62 Å². The van der Waals surface area contributed by atoms with E-state index in [-0.39, 0.29) is 11.8 Å². The average molecular weight is 401 g/mol. The van der Waals surface area contributed by atoms with Crippen LogP contribution in [0.4, 0.5) is 0 Å². The topological polar surface area (TPSA) is 58.6 Å². The molecule has 1 aromatic carbocycles. The van der Waals surface area contributed by atoms with Gasteiger partial charge in [-0.2, -0.15) is 0 Å². The van der Waals surface area contributed by atoms with Crippen LogP contribution in [-0.4, -0.2) is 51.9 Å². The van der Waals surface area contributed by atoms with Crippen LogP contribution in [0.25, 0.3) is 0 Å². The van der Waals surface area contributed by atoms with Crippen LogP contribution in [0.2, 0.25) is 5.02 Å². The van der Waals surface area contributed by atoms with Crippen molar-refractivity contribution < 1.29 is 13.2 Å². The predicted molar refractivity (Wildman–Crippen MR) is 105 cm³/mol. The summed E-state index contributed by atoms with van der Waals surface area (Å²) < 4.78 is 33.5. The van der Waals surface area contributed by atoms with E-state index in [1.165, 1.54) is 6.42 Å². The van der Waals surface area contributed by atoms with Crippen molar-refractivity contribution in [3.63, 3.8) is 0 Å². The lowest BCUT2D eigenvalue weighted by Crippen LogP contribution is -2.44. The van der Waals surface area contributed by atoms with E-state index in [0.29, 0.717) is 30.7 Å². The van der Waals surface area contributed by atoms with Crippen LogP contribution >= 0.6 is 11.6 Å². The van der Waals surface area contributed by atoms with Crippen LogP contribution in [0, 0.1) is 5.92 Å². The van der Waals surface area contributed by atoms with Crippen LogP contribution in [-0.2, 0) is 14.8 Å². The van der Waals surface area contributed by atoms with E-state index in [4.69, 9.17) is 16.3 Å². The SMILES string of the molecule is O=S(=O)(CC1CCCCC1)NC[C@@H](c1ccccc1Cl)N1CCOCC1. The maximum Gasteiger partial charge on any atom is 0.211 e. The molecule has 26 heavy (non-hydrogen) atoms. The molecule has 0 unspecified atom stereocenters. The maximum absolute atomic E-state index is 12.6. The summed E-state index contributed by atoms with van der Waals surface area (Å²) in [6, 6.07) is 7.62. The van der Waals surface area contributed by atoms with Gasteiger partial charge < -0.3 is 4.74 Å². The highest BCUT2D eigenvalue weighted by atomic mass is 35.5. The van der Waals surface area contributed by atoms with Crippen molar-refractivity contribution in [3.05, 3.63) is 34.9 Å². The second kappa shape index (κ2) is 9.51. The van der Waals surface area contributed by atoms with E-state index in [0.717, 1.165) is 44.3 Å². The van der Waals surface area contributed by atoms with E-state index in [1.807, 2.05) is 24.3 Å². The summed E-state index contributed by atoms with van der Waals surface area (Å²) in [5.41, 5.74) is 0.969. The summed E-state index contributed by atoms with van der Waals surface area (Å²) in [5, 5.41) is 0.676. The lowest BCUT2D eigenvalue weighted by molar-refractivity contribution is 0.0172. The first kappa shape index (κ1) is 20.1. The molecule has 1 atom stereocenters. The van der Waals surface area contributed by atoms with Gasteiger partial charge >= 0.3 is 0 Å². The van der Waals surface area contributed by atoms with Gasteiger partial charge in [0.1, 0.15) is 0 Å². The van der Waals surface area contributed by atoms with E-state index >= 15 is 0 Å². The van der Waals surface area contributed by atoms with E-state index < -0.39 is 10.0 Å². The molecule has 2 fully saturated rings. The molecule has 3 rings (SSSR count). The lowest BCUT2D eigenvalue weighted by Gasteiger charge is -2.35. The average Bonchev–Trinajstić information content (AvgIpc) is 2.64. The van der Waals surface area contributed by atoms with Crippen LogP contribution in [0.15, 0.2) is 24.3 Å². The summed E-state index contributed by atoms with van der Waals surface area (Å²) in [6.07, 6.45) is 5.58. The third-order valence-corrected chi connectivity index (χ3v) is 7.29. The molecule has 7 heteroatoms. The summed E-state index contributed by atoms with van der Waals surface area (Å²) >= 11 is 6.41. The summed E-state index contributed by atoms with van der Waals surface area (Å²) in [7, 11) is -3.29. The Morgan fingerprint density at radius 2 is 1.85 bits per heavy atom. The first-order valence-electron chi connectivity index (χ1n) is 9.59. The fourth-order valence-electron chi connectivity index (χ4n) is 4.00. The number of halogens is 1. The zero-order valence-corrected chi connectivity index (χ0v) is 16.8. The minimum absolute atomic E-state index is 0.0752. The first-order chi connectivity index (χ1) is 12.6. The second-order valence-electron chi connectivity index (χ2n) is 7.32. The van der Waals surface area contributed by atoms with Gasteiger partial charge in [-0.15, -0.1) is 0 Å². The molecule has 1 aliphatic carbocycles. The number of ether oxygens (including phenoxy) is 1. The third kappa shape index (κ3) is 5.67. The number of hydrogen-bond donors (Lipinski definition) is 1. The van der Waals surface area contributed by atoms with Crippen LogP contribution in [0.3, 0.4) is 0 Å². The Hall–Kier alpha value is -0.660. The number of nitrogens with one attached hydrogen (secondary N) is 1. The molecule has 2 aliphatic rings. The maximum atomic E-state index is 12.6. The van der Waals surface area contributed by atoms with Gasteiger partial charge in [-0.1, -0.05) is 49.1 Å². The quantitative estimate of drug-likeness (QED) is 0.763. The van der Waals surface area contributed by atoms with Crippen molar-refractivity contribution in [1.29, 1.82) is 0 Å². The van der Waals surface area contributed by atoms with Crippen molar-refractivity contribution >= 4 is 21.6 Å². The lowest BCUT2D eigenvalue weighted by atomic mass is 9.91. The Morgan fingerprint density at radius 1 is 1.15 bits per heavy atom. The summed E-state index contributed by atoms with van der Waals surface area (Å²) in [6.45, 7) is 3.23. The third-order valence-electron chi connectivity index (χ3n) is 5.43. The van der Waals surface area contributed by atoms with E-state index in [9.17, 15) is 8.42 Å². The monoisotopic (exact) mass is 400 g/mol. The van der Waals surface area contributed by atoms with Gasteiger partial charge in [-0.25, -0.2) is 13.1 Å². The van der Waals surface area contributed by atoms with Gasteiger partial charge in [0.05, 0.1) is 19.0 Å². The highest BCUT2D eigenvalue weighted by molar-refractivity contribution is 7.89. The Balaban J connectivity index is 1.68. The van der Waals surface area contributed by atoms with E-state index in [1.54, 1.807) is 0 Å². The van der Waals surface area contributed by atoms with Gasteiger partial charge in [0.25, 0.3) is 0 Å².